The first kappa shape index (κ1) is 14.3. The molecule has 1 saturated heterocycles. The van der Waals surface area contributed by atoms with E-state index in [1.165, 1.54) is 0 Å². The van der Waals surface area contributed by atoms with Gasteiger partial charge in [-0.15, -0.1) is 0 Å². The number of carbonyl (C=O) groups excluding carboxylic acids is 2. The van der Waals surface area contributed by atoms with Gasteiger partial charge in [0, 0.05) is 39.8 Å². The minimum Gasteiger partial charge on any atom is -0.359 e. The number of hydrogen-bond acceptors (Lipinski definition) is 4. The molecule has 108 valence electrons. The van der Waals surface area contributed by atoms with Crippen LogP contribution in [0.25, 0.3) is 0 Å². The van der Waals surface area contributed by atoms with Gasteiger partial charge >= 0.3 is 0 Å². The number of carbonyl (C=O) groups is 2. The Morgan fingerprint density at radius 2 is 2.20 bits per heavy atom. The van der Waals surface area contributed by atoms with Gasteiger partial charge in [-0.25, -0.2) is 4.98 Å². The molecule has 0 aromatic carbocycles. The summed E-state index contributed by atoms with van der Waals surface area (Å²) in [7, 11) is 3.26. The van der Waals surface area contributed by atoms with Crippen LogP contribution in [0.5, 0.6) is 0 Å². The highest BCUT2D eigenvalue weighted by atomic mass is 16.2. The molecule has 6 heteroatoms. The fourth-order valence-corrected chi connectivity index (χ4v) is 2.52. The maximum absolute atomic E-state index is 11.9. The Hall–Kier alpha value is -2.11. The number of nitrogens with zero attached hydrogens (tertiary/aromatic N) is 2. The van der Waals surface area contributed by atoms with Crippen LogP contribution in [0.4, 0.5) is 5.82 Å². The van der Waals surface area contributed by atoms with Gasteiger partial charge in [-0.2, -0.15) is 0 Å². The van der Waals surface area contributed by atoms with Crippen LogP contribution in [0, 0.1) is 5.92 Å². The minimum absolute atomic E-state index is 0.0596. The van der Waals surface area contributed by atoms with E-state index in [0.717, 1.165) is 19.5 Å². The fourth-order valence-electron chi connectivity index (χ4n) is 2.52. The third-order valence-corrected chi connectivity index (χ3v) is 3.60. The van der Waals surface area contributed by atoms with E-state index in [1.807, 2.05) is 0 Å². The lowest BCUT2D eigenvalue weighted by Gasteiger charge is -2.20. The fraction of sp³-hybridized carbons (Fsp3) is 0.500. The van der Waals surface area contributed by atoms with Gasteiger partial charge in [0.2, 0.25) is 5.91 Å². The summed E-state index contributed by atoms with van der Waals surface area (Å²) in [4.78, 5) is 29.7. The second kappa shape index (κ2) is 6.36. The lowest BCUT2D eigenvalue weighted by atomic mass is 10.0. The van der Waals surface area contributed by atoms with Crippen molar-refractivity contribution >= 4 is 17.6 Å². The van der Waals surface area contributed by atoms with Crippen LogP contribution in [0.1, 0.15) is 23.2 Å². The number of pyridine rings is 1. The molecule has 20 heavy (non-hydrogen) atoms. The molecule has 1 atom stereocenters. The minimum atomic E-state index is -0.136. The quantitative estimate of drug-likeness (QED) is 0.835. The SMILES string of the molecule is CNC(=O)CC1CCN(c2ncccc2C(=O)NC)C1. The molecule has 2 rings (SSSR count). The Labute approximate surface area is 118 Å². The summed E-state index contributed by atoms with van der Waals surface area (Å²) in [5, 5.41) is 5.28. The molecule has 0 saturated carbocycles. The van der Waals surface area contributed by atoms with Crippen LogP contribution in [0.2, 0.25) is 0 Å². The van der Waals surface area contributed by atoms with E-state index >= 15 is 0 Å². The summed E-state index contributed by atoms with van der Waals surface area (Å²) in [6.07, 6.45) is 3.15. The predicted octanol–water partition coefficient (Wildman–Crippen LogP) is 0.404. The van der Waals surface area contributed by atoms with Gasteiger partial charge < -0.3 is 15.5 Å². The Bertz CT molecular complexity index is 504. The Morgan fingerprint density at radius 1 is 1.40 bits per heavy atom. The number of anilines is 1. The van der Waals surface area contributed by atoms with Crippen LogP contribution in [-0.2, 0) is 4.79 Å². The molecule has 0 bridgehead atoms. The third kappa shape index (κ3) is 3.07. The number of aromatic nitrogens is 1. The van der Waals surface area contributed by atoms with Gasteiger partial charge in [0.1, 0.15) is 5.82 Å². The van der Waals surface area contributed by atoms with Gasteiger partial charge in [0.25, 0.3) is 5.91 Å². The summed E-state index contributed by atoms with van der Waals surface area (Å²) in [6, 6.07) is 3.53. The molecule has 0 radical (unpaired) electrons. The van der Waals surface area contributed by atoms with Crippen molar-refractivity contribution in [2.75, 3.05) is 32.1 Å². The first-order valence-corrected chi connectivity index (χ1v) is 6.78. The van der Waals surface area contributed by atoms with Crippen LogP contribution < -0.4 is 15.5 Å². The molecule has 1 aliphatic heterocycles. The van der Waals surface area contributed by atoms with E-state index in [0.29, 0.717) is 23.7 Å². The van der Waals surface area contributed by atoms with Crippen molar-refractivity contribution in [2.45, 2.75) is 12.8 Å². The highest BCUT2D eigenvalue weighted by molar-refractivity contribution is 5.98. The smallest absolute Gasteiger partial charge is 0.254 e. The highest BCUT2D eigenvalue weighted by Crippen LogP contribution is 2.26. The van der Waals surface area contributed by atoms with Crippen molar-refractivity contribution in [2.24, 2.45) is 5.92 Å². The zero-order valence-corrected chi connectivity index (χ0v) is 11.8. The van der Waals surface area contributed by atoms with Gasteiger partial charge in [0.05, 0.1) is 5.56 Å². The first-order chi connectivity index (χ1) is 9.65. The Balaban J connectivity index is 2.10. The summed E-state index contributed by atoms with van der Waals surface area (Å²) in [6.45, 7) is 1.58. The van der Waals surface area contributed by atoms with E-state index in [4.69, 9.17) is 0 Å². The summed E-state index contributed by atoms with van der Waals surface area (Å²) < 4.78 is 0. The van der Waals surface area contributed by atoms with E-state index < -0.39 is 0 Å². The Kier molecular flexibility index (Phi) is 4.55. The molecule has 2 N–H and O–H groups in total. The molecular weight excluding hydrogens is 256 g/mol. The monoisotopic (exact) mass is 276 g/mol. The second-order valence-electron chi connectivity index (χ2n) is 4.93. The van der Waals surface area contributed by atoms with Crippen LogP contribution in [-0.4, -0.2) is 44.0 Å². The number of rotatable bonds is 4. The standard InChI is InChI=1S/C14H20N4O2/c1-15-12(19)8-10-5-7-18(9-10)13-11(14(20)16-2)4-3-6-17-13/h3-4,6,10H,5,7-9H2,1-2H3,(H,15,19)(H,16,20). The molecule has 0 spiro atoms. The van der Waals surface area contributed by atoms with Gasteiger partial charge in [0.15, 0.2) is 0 Å². The zero-order chi connectivity index (χ0) is 14.5. The summed E-state index contributed by atoms with van der Waals surface area (Å²) in [5.74, 6) is 0.938. The van der Waals surface area contributed by atoms with Crippen molar-refractivity contribution in [3.05, 3.63) is 23.9 Å². The molecule has 1 fully saturated rings. The normalized spacial score (nSPS) is 17.9. The molecule has 1 unspecified atom stereocenters. The first-order valence-electron chi connectivity index (χ1n) is 6.78. The predicted molar refractivity (Wildman–Crippen MR) is 76.6 cm³/mol. The molecule has 2 heterocycles. The van der Waals surface area contributed by atoms with Crippen molar-refractivity contribution < 1.29 is 9.59 Å². The van der Waals surface area contributed by atoms with Gasteiger partial charge in [-0.1, -0.05) is 0 Å². The Morgan fingerprint density at radius 3 is 2.90 bits per heavy atom. The third-order valence-electron chi connectivity index (χ3n) is 3.60. The van der Waals surface area contributed by atoms with Crippen molar-refractivity contribution in [1.82, 2.24) is 15.6 Å². The van der Waals surface area contributed by atoms with Crippen molar-refractivity contribution in [1.29, 1.82) is 0 Å². The van der Waals surface area contributed by atoms with Crippen molar-refractivity contribution in [3.63, 3.8) is 0 Å². The molecule has 2 amide bonds. The van der Waals surface area contributed by atoms with E-state index in [9.17, 15) is 9.59 Å². The van der Waals surface area contributed by atoms with Crippen molar-refractivity contribution in [3.8, 4) is 0 Å². The summed E-state index contributed by atoms with van der Waals surface area (Å²) >= 11 is 0. The van der Waals surface area contributed by atoms with E-state index in [2.05, 4.69) is 20.5 Å². The van der Waals surface area contributed by atoms with E-state index in [-0.39, 0.29) is 11.8 Å². The van der Waals surface area contributed by atoms with Crippen LogP contribution >= 0.6 is 0 Å². The molecule has 1 aliphatic rings. The van der Waals surface area contributed by atoms with Gasteiger partial charge in [-0.3, -0.25) is 9.59 Å². The van der Waals surface area contributed by atoms with E-state index in [1.54, 1.807) is 32.4 Å². The number of amides is 2. The second-order valence-corrected chi connectivity index (χ2v) is 4.93. The summed E-state index contributed by atoms with van der Waals surface area (Å²) in [5.41, 5.74) is 0.579. The number of hydrogen-bond donors (Lipinski definition) is 2. The average molecular weight is 276 g/mol. The highest BCUT2D eigenvalue weighted by Gasteiger charge is 2.27. The van der Waals surface area contributed by atoms with Crippen LogP contribution in [0.15, 0.2) is 18.3 Å². The largest absolute Gasteiger partial charge is 0.359 e. The maximum atomic E-state index is 11.9. The average Bonchev–Trinajstić information content (AvgIpc) is 2.94. The molecule has 0 aliphatic carbocycles. The van der Waals surface area contributed by atoms with Gasteiger partial charge in [-0.05, 0) is 24.5 Å². The molecule has 6 nitrogen and oxygen atoms in total. The molecule has 1 aromatic heterocycles. The molecular formula is C14H20N4O2. The molecule has 1 aromatic rings. The van der Waals surface area contributed by atoms with Crippen LogP contribution in [0.3, 0.4) is 0 Å². The maximum Gasteiger partial charge on any atom is 0.254 e. The lowest BCUT2D eigenvalue weighted by Crippen LogP contribution is -2.28. The number of nitrogens with one attached hydrogen (secondary N) is 2. The lowest BCUT2D eigenvalue weighted by molar-refractivity contribution is -0.121. The topological polar surface area (TPSA) is 74.3 Å². The zero-order valence-electron chi connectivity index (χ0n) is 11.8.